The number of methoxy groups -OCH3 is 1. The van der Waals surface area contributed by atoms with Crippen molar-refractivity contribution in [3.8, 4) is 11.5 Å². The summed E-state index contributed by atoms with van der Waals surface area (Å²) in [6.07, 6.45) is -4.87. The predicted molar refractivity (Wildman–Crippen MR) is 131 cm³/mol. The van der Waals surface area contributed by atoms with Crippen LogP contribution in [0, 0.1) is 0 Å². The Morgan fingerprint density at radius 2 is 1.62 bits per heavy atom. The Bertz CT molecular complexity index is 1350. The Kier molecular flexibility index (Phi) is 6.98. The molecule has 1 aliphatic heterocycles. The molecule has 37 heavy (non-hydrogen) atoms. The number of Topliss-reactive ketones (excluding diaryl/α,β-unsaturated/α-hetero) is 1. The van der Waals surface area contributed by atoms with E-state index in [-0.39, 0.29) is 22.9 Å². The van der Waals surface area contributed by atoms with Gasteiger partial charge in [-0.25, -0.2) is 0 Å². The van der Waals surface area contributed by atoms with Crippen molar-refractivity contribution in [1.29, 1.82) is 0 Å². The lowest BCUT2D eigenvalue weighted by atomic mass is 9.93. The van der Waals surface area contributed by atoms with Gasteiger partial charge < -0.3 is 14.6 Å². The summed E-state index contributed by atoms with van der Waals surface area (Å²) in [4.78, 5) is 27.7. The van der Waals surface area contributed by atoms with Crippen molar-refractivity contribution >= 4 is 23.1 Å². The number of aliphatic hydroxyl groups is 1. The molecular formula is C28H24F3NO5. The summed E-state index contributed by atoms with van der Waals surface area (Å²) in [6.45, 7) is 3.91. The second kappa shape index (κ2) is 10.0. The number of carbonyl (C=O) groups excluding carboxylic acids is 2. The third-order valence-electron chi connectivity index (χ3n) is 6.03. The van der Waals surface area contributed by atoms with Crippen molar-refractivity contribution in [1.82, 2.24) is 0 Å². The van der Waals surface area contributed by atoms with Crippen molar-refractivity contribution < 1.29 is 37.3 Å². The lowest BCUT2D eigenvalue weighted by Gasteiger charge is -2.25. The van der Waals surface area contributed by atoms with E-state index in [9.17, 15) is 27.9 Å². The molecule has 0 bridgehead atoms. The first-order valence-corrected chi connectivity index (χ1v) is 11.4. The van der Waals surface area contributed by atoms with Gasteiger partial charge in [-0.05, 0) is 59.5 Å². The molecule has 0 aromatic heterocycles. The number of anilines is 1. The van der Waals surface area contributed by atoms with E-state index in [1.54, 1.807) is 48.5 Å². The van der Waals surface area contributed by atoms with E-state index in [1.807, 2.05) is 13.8 Å². The molecule has 9 heteroatoms. The highest BCUT2D eigenvalue weighted by molar-refractivity contribution is 6.51. The first-order chi connectivity index (χ1) is 17.5. The van der Waals surface area contributed by atoms with Gasteiger partial charge in [-0.15, -0.1) is 13.2 Å². The molecule has 4 rings (SSSR count). The number of ketones is 1. The van der Waals surface area contributed by atoms with E-state index in [2.05, 4.69) is 4.74 Å². The number of ether oxygens (including phenoxy) is 2. The van der Waals surface area contributed by atoms with Crippen LogP contribution in [0.4, 0.5) is 18.9 Å². The largest absolute Gasteiger partial charge is 0.573 e. The van der Waals surface area contributed by atoms with Gasteiger partial charge in [-0.2, -0.15) is 0 Å². The molecule has 3 aromatic carbocycles. The minimum Gasteiger partial charge on any atom is -0.507 e. The Balaban J connectivity index is 1.86. The van der Waals surface area contributed by atoms with Gasteiger partial charge in [0.15, 0.2) is 0 Å². The van der Waals surface area contributed by atoms with Crippen LogP contribution in [0.15, 0.2) is 78.4 Å². The second-order valence-electron chi connectivity index (χ2n) is 8.73. The van der Waals surface area contributed by atoms with Crippen LogP contribution in [0.1, 0.15) is 42.5 Å². The Morgan fingerprint density at radius 3 is 2.19 bits per heavy atom. The zero-order valence-electron chi connectivity index (χ0n) is 20.2. The average molecular weight is 511 g/mol. The highest BCUT2D eigenvalue weighted by Crippen LogP contribution is 2.43. The summed E-state index contributed by atoms with van der Waals surface area (Å²) >= 11 is 0. The summed E-state index contributed by atoms with van der Waals surface area (Å²) in [5, 5.41) is 11.3. The number of nitrogens with zero attached hydrogens (tertiary/aromatic N) is 1. The maximum Gasteiger partial charge on any atom is 0.573 e. The van der Waals surface area contributed by atoms with Gasteiger partial charge >= 0.3 is 6.36 Å². The van der Waals surface area contributed by atoms with Gasteiger partial charge in [0.25, 0.3) is 11.7 Å². The molecule has 3 aromatic rings. The zero-order chi connectivity index (χ0) is 26.9. The standard InChI is InChI=1S/C28H24F3NO5/c1-16(2)21-15-18(9-14-22(21)36-3)25(33)23-24(17-7-5-4-6-8-17)32(27(35)26(23)34)19-10-12-20(13-11-19)37-28(29,30)31/h4-16,24,33H,1-3H3/b25-23-. The van der Waals surface area contributed by atoms with Crippen LogP contribution in [0.3, 0.4) is 0 Å². The number of carbonyl (C=O) groups is 2. The molecule has 1 aliphatic rings. The van der Waals surface area contributed by atoms with Crippen LogP contribution in [0.2, 0.25) is 0 Å². The van der Waals surface area contributed by atoms with E-state index in [0.717, 1.165) is 22.6 Å². The second-order valence-corrected chi connectivity index (χ2v) is 8.73. The van der Waals surface area contributed by atoms with Crippen molar-refractivity contribution in [2.75, 3.05) is 12.0 Å². The Hall–Kier alpha value is -4.27. The highest BCUT2D eigenvalue weighted by atomic mass is 19.4. The molecule has 1 heterocycles. The monoisotopic (exact) mass is 511 g/mol. The molecule has 1 fully saturated rings. The number of halogens is 3. The first kappa shape index (κ1) is 25.8. The minimum atomic E-state index is -4.87. The van der Waals surface area contributed by atoms with E-state index in [0.29, 0.717) is 16.9 Å². The number of alkyl halides is 3. The van der Waals surface area contributed by atoms with Gasteiger partial charge in [0, 0.05) is 11.3 Å². The molecule has 1 amide bonds. The first-order valence-electron chi connectivity index (χ1n) is 11.4. The lowest BCUT2D eigenvalue weighted by Crippen LogP contribution is -2.29. The van der Waals surface area contributed by atoms with Crippen LogP contribution >= 0.6 is 0 Å². The molecule has 0 radical (unpaired) electrons. The van der Waals surface area contributed by atoms with Crippen molar-refractivity contribution in [2.45, 2.75) is 32.2 Å². The maximum atomic E-state index is 13.3. The fourth-order valence-electron chi connectivity index (χ4n) is 4.35. The molecule has 192 valence electrons. The van der Waals surface area contributed by atoms with Gasteiger partial charge in [0.05, 0.1) is 18.7 Å². The summed E-state index contributed by atoms with van der Waals surface area (Å²) in [6, 6.07) is 17.2. The zero-order valence-corrected chi connectivity index (χ0v) is 20.2. The number of hydrogen-bond acceptors (Lipinski definition) is 5. The maximum absolute atomic E-state index is 13.3. The number of aliphatic hydroxyl groups excluding tert-OH is 1. The third kappa shape index (κ3) is 5.16. The van der Waals surface area contributed by atoms with Crippen molar-refractivity contribution in [3.63, 3.8) is 0 Å². The normalized spacial score (nSPS) is 17.4. The van der Waals surface area contributed by atoms with E-state index < -0.39 is 29.8 Å². The summed E-state index contributed by atoms with van der Waals surface area (Å²) in [5.74, 6) is -2.00. The molecule has 1 atom stereocenters. The molecule has 1 unspecified atom stereocenters. The Morgan fingerprint density at radius 1 is 0.973 bits per heavy atom. The van der Waals surface area contributed by atoms with Gasteiger partial charge in [-0.3, -0.25) is 14.5 Å². The van der Waals surface area contributed by atoms with Gasteiger partial charge in [-0.1, -0.05) is 44.2 Å². The highest BCUT2D eigenvalue weighted by Gasteiger charge is 2.47. The quantitative estimate of drug-likeness (QED) is 0.237. The van der Waals surface area contributed by atoms with Crippen molar-refractivity contribution in [2.24, 2.45) is 0 Å². The fraction of sp³-hybridized carbons (Fsp3) is 0.214. The number of amides is 1. The number of benzene rings is 3. The van der Waals surface area contributed by atoms with Crippen molar-refractivity contribution in [3.05, 3.63) is 95.1 Å². The third-order valence-corrected chi connectivity index (χ3v) is 6.03. The fourth-order valence-corrected chi connectivity index (χ4v) is 4.35. The van der Waals surface area contributed by atoms with Crippen LogP contribution in [0.5, 0.6) is 11.5 Å². The van der Waals surface area contributed by atoms with Crippen LogP contribution in [0.25, 0.3) is 5.76 Å². The predicted octanol–water partition coefficient (Wildman–Crippen LogP) is 6.34. The van der Waals surface area contributed by atoms with E-state index >= 15 is 0 Å². The average Bonchev–Trinajstić information content (AvgIpc) is 3.13. The van der Waals surface area contributed by atoms with Gasteiger partial charge in [0.2, 0.25) is 0 Å². The molecule has 1 saturated heterocycles. The molecule has 1 N–H and O–H groups in total. The molecule has 0 spiro atoms. The molecule has 0 saturated carbocycles. The van der Waals surface area contributed by atoms with E-state index in [1.165, 1.54) is 19.2 Å². The van der Waals surface area contributed by atoms with E-state index in [4.69, 9.17) is 4.74 Å². The minimum absolute atomic E-state index is 0.0486. The smallest absolute Gasteiger partial charge is 0.507 e. The lowest BCUT2D eigenvalue weighted by molar-refractivity contribution is -0.274. The SMILES string of the molecule is COc1ccc(/C(O)=C2/C(=O)C(=O)N(c3ccc(OC(F)(F)F)cc3)C2c2ccccc2)cc1C(C)C. The molecule has 6 nitrogen and oxygen atoms in total. The number of hydrogen-bond donors (Lipinski definition) is 1. The summed E-state index contributed by atoms with van der Waals surface area (Å²) in [7, 11) is 1.53. The van der Waals surface area contributed by atoms with Crippen LogP contribution in [-0.4, -0.2) is 30.3 Å². The molecular weight excluding hydrogens is 487 g/mol. The van der Waals surface area contributed by atoms with Crippen LogP contribution in [-0.2, 0) is 9.59 Å². The number of rotatable bonds is 6. The summed E-state index contributed by atoms with van der Waals surface area (Å²) < 4.78 is 47.1. The summed E-state index contributed by atoms with van der Waals surface area (Å²) in [5.41, 5.74) is 1.71. The molecule has 0 aliphatic carbocycles. The Labute approximate surface area is 211 Å². The van der Waals surface area contributed by atoms with Crippen LogP contribution < -0.4 is 14.4 Å². The topological polar surface area (TPSA) is 76.1 Å². The van der Waals surface area contributed by atoms with Gasteiger partial charge in [0.1, 0.15) is 17.3 Å².